The molecule has 0 aromatic heterocycles. The van der Waals surface area contributed by atoms with Crippen LogP contribution in [-0.2, 0) is 11.2 Å². The van der Waals surface area contributed by atoms with Crippen LogP contribution in [0.2, 0.25) is 0 Å². The van der Waals surface area contributed by atoms with E-state index in [1.807, 2.05) is 12.1 Å². The van der Waals surface area contributed by atoms with Gasteiger partial charge in [0, 0.05) is 24.6 Å². The lowest BCUT2D eigenvalue weighted by atomic mass is 9.97. The Kier molecular flexibility index (Phi) is 3.45. The van der Waals surface area contributed by atoms with Crippen LogP contribution in [0.5, 0.6) is 5.75 Å². The third-order valence-corrected chi connectivity index (χ3v) is 3.24. The first-order chi connectivity index (χ1) is 8.17. The van der Waals surface area contributed by atoms with Gasteiger partial charge >= 0.3 is 0 Å². The maximum absolute atomic E-state index is 12.2. The number of fused-ring (bicyclic) bond motifs is 1. The van der Waals surface area contributed by atoms with Gasteiger partial charge in [-0.25, -0.2) is 0 Å². The summed E-state index contributed by atoms with van der Waals surface area (Å²) < 4.78 is 10.1. The average Bonchev–Trinajstić information content (AvgIpc) is 2.67. The Morgan fingerprint density at radius 3 is 2.88 bits per heavy atom. The number of methoxy groups -OCH3 is 2. The summed E-state index contributed by atoms with van der Waals surface area (Å²) in [6, 6.07) is 5.35. The predicted molar refractivity (Wildman–Crippen MR) is 64.4 cm³/mol. The van der Waals surface area contributed by atoms with Crippen molar-refractivity contribution in [2.75, 3.05) is 20.8 Å². The van der Waals surface area contributed by atoms with E-state index in [4.69, 9.17) is 15.2 Å². The number of ketones is 1. The van der Waals surface area contributed by atoms with E-state index in [0.29, 0.717) is 18.8 Å². The molecule has 4 heteroatoms. The van der Waals surface area contributed by atoms with E-state index in [0.717, 1.165) is 11.1 Å². The first-order valence-electron chi connectivity index (χ1n) is 5.63. The maximum atomic E-state index is 12.2. The third kappa shape index (κ3) is 2.18. The van der Waals surface area contributed by atoms with Crippen LogP contribution < -0.4 is 10.5 Å². The van der Waals surface area contributed by atoms with Gasteiger partial charge in [-0.15, -0.1) is 0 Å². The van der Waals surface area contributed by atoms with Crippen LogP contribution in [0.15, 0.2) is 18.2 Å². The molecule has 0 radical (unpaired) electrons. The Bertz CT molecular complexity index is 431. The molecule has 1 aliphatic carbocycles. The van der Waals surface area contributed by atoms with E-state index >= 15 is 0 Å². The van der Waals surface area contributed by atoms with Gasteiger partial charge < -0.3 is 15.2 Å². The standard InChI is InChI=1S/C13H17NO3/c1-16-7-12(14)11-5-8-3-4-9(17-2)6-10(8)13(11)15/h3-4,6,11-12H,5,7,14H2,1-2H3. The van der Waals surface area contributed by atoms with Gasteiger partial charge in [-0.05, 0) is 24.1 Å². The molecular weight excluding hydrogens is 218 g/mol. The molecule has 0 amide bonds. The van der Waals surface area contributed by atoms with Crippen LogP contribution >= 0.6 is 0 Å². The van der Waals surface area contributed by atoms with Crippen LogP contribution in [0.1, 0.15) is 15.9 Å². The average molecular weight is 235 g/mol. The van der Waals surface area contributed by atoms with Crippen LogP contribution in [-0.4, -0.2) is 32.7 Å². The topological polar surface area (TPSA) is 61.6 Å². The summed E-state index contributed by atoms with van der Waals surface area (Å²) in [6.45, 7) is 0.404. The van der Waals surface area contributed by atoms with Gasteiger partial charge in [0.15, 0.2) is 5.78 Å². The Labute approximate surface area is 101 Å². The smallest absolute Gasteiger partial charge is 0.168 e. The first kappa shape index (κ1) is 12.1. The first-order valence-corrected chi connectivity index (χ1v) is 5.63. The van der Waals surface area contributed by atoms with Crippen molar-refractivity contribution in [3.63, 3.8) is 0 Å². The molecule has 17 heavy (non-hydrogen) atoms. The number of carbonyl (C=O) groups excluding carboxylic acids is 1. The molecule has 2 atom stereocenters. The number of hydrogen-bond donors (Lipinski definition) is 1. The van der Waals surface area contributed by atoms with Crippen molar-refractivity contribution in [3.8, 4) is 5.75 Å². The number of carbonyl (C=O) groups is 1. The summed E-state index contributed by atoms with van der Waals surface area (Å²) >= 11 is 0. The Morgan fingerprint density at radius 1 is 1.47 bits per heavy atom. The van der Waals surface area contributed by atoms with E-state index in [9.17, 15) is 4.79 Å². The Morgan fingerprint density at radius 2 is 2.24 bits per heavy atom. The molecule has 0 aliphatic heterocycles. The number of ether oxygens (including phenoxy) is 2. The van der Waals surface area contributed by atoms with Gasteiger partial charge in [0.2, 0.25) is 0 Å². The van der Waals surface area contributed by atoms with Crippen molar-refractivity contribution in [2.45, 2.75) is 12.5 Å². The third-order valence-electron chi connectivity index (χ3n) is 3.24. The van der Waals surface area contributed by atoms with Crippen LogP contribution in [0, 0.1) is 5.92 Å². The van der Waals surface area contributed by atoms with E-state index in [2.05, 4.69) is 0 Å². The molecule has 2 unspecified atom stereocenters. The number of Topliss-reactive ketones (excluding diaryl/α,β-unsaturated/α-hetero) is 1. The van der Waals surface area contributed by atoms with E-state index in [1.165, 1.54) is 0 Å². The van der Waals surface area contributed by atoms with Crippen molar-refractivity contribution in [3.05, 3.63) is 29.3 Å². The molecule has 1 aliphatic rings. The zero-order valence-corrected chi connectivity index (χ0v) is 10.1. The summed E-state index contributed by atoms with van der Waals surface area (Å²) in [5, 5.41) is 0. The number of rotatable bonds is 4. The second-order valence-corrected chi connectivity index (χ2v) is 4.32. The normalized spacial score (nSPS) is 20.2. The molecule has 0 spiro atoms. The van der Waals surface area contributed by atoms with Gasteiger partial charge in [0.25, 0.3) is 0 Å². The van der Waals surface area contributed by atoms with Crippen LogP contribution in [0.25, 0.3) is 0 Å². The van der Waals surface area contributed by atoms with Gasteiger partial charge in [0.05, 0.1) is 13.7 Å². The molecule has 1 aromatic carbocycles. The van der Waals surface area contributed by atoms with Gasteiger partial charge in [-0.3, -0.25) is 4.79 Å². The zero-order chi connectivity index (χ0) is 12.4. The van der Waals surface area contributed by atoms with Gasteiger partial charge in [-0.2, -0.15) is 0 Å². The molecule has 0 bridgehead atoms. The molecule has 92 valence electrons. The molecule has 1 aromatic rings. The fourth-order valence-electron chi connectivity index (χ4n) is 2.27. The van der Waals surface area contributed by atoms with E-state index in [-0.39, 0.29) is 17.7 Å². The highest BCUT2D eigenvalue weighted by molar-refractivity contribution is 6.03. The summed E-state index contributed by atoms with van der Waals surface area (Å²) in [5.74, 6) is 0.638. The van der Waals surface area contributed by atoms with Crippen molar-refractivity contribution in [1.82, 2.24) is 0 Å². The number of benzene rings is 1. The van der Waals surface area contributed by atoms with E-state index in [1.54, 1.807) is 20.3 Å². The summed E-state index contributed by atoms with van der Waals surface area (Å²) in [5.41, 5.74) is 7.74. The number of nitrogens with two attached hydrogens (primary N) is 1. The highest BCUT2D eigenvalue weighted by atomic mass is 16.5. The molecule has 0 saturated carbocycles. The fourth-order valence-corrected chi connectivity index (χ4v) is 2.27. The largest absolute Gasteiger partial charge is 0.497 e. The lowest BCUT2D eigenvalue weighted by Gasteiger charge is -2.16. The maximum Gasteiger partial charge on any atom is 0.168 e. The summed E-state index contributed by atoms with van der Waals surface area (Å²) in [6.07, 6.45) is 0.697. The second-order valence-electron chi connectivity index (χ2n) is 4.32. The Hall–Kier alpha value is -1.39. The van der Waals surface area contributed by atoms with Gasteiger partial charge in [0.1, 0.15) is 5.75 Å². The predicted octanol–water partition coefficient (Wildman–Crippen LogP) is 1.02. The zero-order valence-electron chi connectivity index (χ0n) is 10.1. The molecule has 2 rings (SSSR count). The van der Waals surface area contributed by atoms with Crippen molar-refractivity contribution in [2.24, 2.45) is 11.7 Å². The molecule has 4 nitrogen and oxygen atoms in total. The quantitative estimate of drug-likeness (QED) is 0.846. The van der Waals surface area contributed by atoms with Crippen molar-refractivity contribution < 1.29 is 14.3 Å². The minimum Gasteiger partial charge on any atom is -0.497 e. The SMILES string of the molecule is COCC(N)C1Cc2ccc(OC)cc2C1=O. The summed E-state index contributed by atoms with van der Waals surface area (Å²) in [4.78, 5) is 12.2. The highest BCUT2D eigenvalue weighted by Gasteiger charge is 2.34. The minimum absolute atomic E-state index is 0.100. The van der Waals surface area contributed by atoms with Crippen molar-refractivity contribution in [1.29, 1.82) is 0 Å². The highest BCUT2D eigenvalue weighted by Crippen LogP contribution is 2.31. The van der Waals surface area contributed by atoms with Crippen LogP contribution in [0.3, 0.4) is 0 Å². The molecule has 2 N–H and O–H groups in total. The fraction of sp³-hybridized carbons (Fsp3) is 0.462. The second kappa shape index (κ2) is 4.85. The molecule has 0 saturated heterocycles. The van der Waals surface area contributed by atoms with Crippen LogP contribution in [0.4, 0.5) is 0 Å². The van der Waals surface area contributed by atoms with Gasteiger partial charge in [-0.1, -0.05) is 6.07 Å². The lowest BCUT2D eigenvalue weighted by Crippen LogP contribution is -2.37. The minimum atomic E-state index is -0.245. The van der Waals surface area contributed by atoms with Crippen molar-refractivity contribution >= 4 is 5.78 Å². The molecular formula is C13H17NO3. The molecule has 0 heterocycles. The lowest BCUT2D eigenvalue weighted by molar-refractivity contribution is 0.0871. The number of hydrogen-bond acceptors (Lipinski definition) is 4. The monoisotopic (exact) mass is 235 g/mol. The van der Waals surface area contributed by atoms with E-state index < -0.39 is 0 Å². The Balaban J connectivity index is 2.23. The summed E-state index contributed by atoms with van der Waals surface area (Å²) in [7, 11) is 3.19. The molecule has 0 fully saturated rings.